The summed E-state index contributed by atoms with van der Waals surface area (Å²) in [7, 11) is -4.53. The van der Waals surface area contributed by atoms with Gasteiger partial charge in [0.05, 0.1) is 18.2 Å². The molecule has 3 fully saturated rings. The fourth-order valence-electron chi connectivity index (χ4n) is 5.69. The molecule has 0 bridgehead atoms. The zero-order chi connectivity index (χ0) is 28.9. The Bertz CT molecular complexity index is 1650. The molecule has 2 aromatic heterocycles. The highest BCUT2D eigenvalue weighted by molar-refractivity contribution is 8.04. The van der Waals surface area contributed by atoms with E-state index in [4.69, 9.17) is 9.15 Å². The molecule has 41 heavy (non-hydrogen) atoms. The predicted octanol–water partition coefficient (Wildman–Crippen LogP) is 2.42. The van der Waals surface area contributed by atoms with Gasteiger partial charge < -0.3 is 19.4 Å². The number of Topliss-reactive ketones (excluding diaryl/α,β-unsaturated/α-hetero) is 1. The van der Waals surface area contributed by atoms with E-state index in [0.29, 0.717) is 17.6 Å². The Morgan fingerprint density at radius 3 is 2.63 bits per heavy atom. The van der Waals surface area contributed by atoms with Crippen LogP contribution < -0.4 is 10.1 Å². The second-order valence-electron chi connectivity index (χ2n) is 10.7. The highest BCUT2D eigenvalue weighted by Gasteiger charge is 2.55. The number of ether oxygens (including phenoxy) is 1. The molecule has 1 saturated carbocycles. The van der Waals surface area contributed by atoms with Crippen LogP contribution in [0.1, 0.15) is 41.6 Å². The lowest BCUT2D eigenvalue weighted by Gasteiger charge is -2.28. The Kier molecular flexibility index (Phi) is 6.86. The third kappa shape index (κ3) is 4.99. The van der Waals surface area contributed by atoms with Gasteiger partial charge in [0.15, 0.2) is 5.78 Å². The molecule has 4 heterocycles. The van der Waals surface area contributed by atoms with Gasteiger partial charge in [-0.3, -0.25) is 19.4 Å². The van der Waals surface area contributed by atoms with Gasteiger partial charge in [-0.1, -0.05) is 31.0 Å². The van der Waals surface area contributed by atoms with E-state index in [1.165, 1.54) is 23.2 Å². The standard InChI is InChI=1S/C28H28N4O8S/c1-16-19-6-2-3-7-23(19)39-27(16)40-28(36)30-20(13-17-8-9-17)25(34)31-12-10-21-24(31)22(33)15-32(21)41(37,38)26(35)18-5-4-11-29-14-18/h2-7,11,14,17,20-21,24H,8-10,12-13,15H2,1H3,(H,30,36). The first-order chi connectivity index (χ1) is 19.6. The molecule has 0 spiro atoms. The lowest BCUT2D eigenvalue weighted by Crippen LogP contribution is -2.53. The monoisotopic (exact) mass is 580 g/mol. The van der Waals surface area contributed by atoms with Crippen LogP contribution in [0.2, 0.25) is 0 Å². The number of benzene rings is 1. The van der Waals surface area contributed by atoms with Gasteiger partial charge >= 0.3 is 6.09 Å². The Morgan fingerprint density at radius 1 is 1.15 bits per heavy atom. The van der Waals surface area contributed by atoms with E-state index in [1.807, 2.05) is 12.1 Å². The molecule has 1 aromatic carbocycles. The van der Waals surface area contributed by atoms with E-state index < -0.39 is 57.6 Å². The maximum atomic E-state index is 13.7. The molecule has 3 aromatic rings. The van der Waals surface area contributed by atoms with Gasteiger partial charge in [-0.05, 0) is 43.9 Å². The first-order valence-corrected chi connectivity index (χ1v) is 14.8. The molecule has 2 saturated heterocycles. The number of nitrogens with one attached hydrogen (secondary N) is 1. The summed E-state index contributed by atoms with van der Waals surface area (Å²) in [4.78, 5) is 57.7. The number of hydrogen-bond donors (Lipinski definition) is 1. The van der Waals surface area contributed by atoms with Crippen LogP contribution in [0.5, 0.6) is 5.95 Å². The maximum absolute atomic E-state index is 13.7. The average molecular weight is 581 g/mol. The van der Waals surface area contributed by atoms with Crippen LogP contribution in [-0.4, -0.2) is 76.7 Å². The number of pyridine rings is 1. The molecule has 1 N–H and O–H groups in total. The minimum Gasteiger partial charge on any atom is -0.425 e. The zero-order valence-electron chi connectivity index (χ0n) is 22.2. The molecular formula is C28H28N4O8S. The van der Waals surface area contributed by atoms with E-state index in [1.54, 1.807) is 19.1 Å². The summed E-state index contributed by atoms with van der Waals surface area (Å²) in [6, 6.07) is 7.13. The van der Waals surface area contributed by atoms with Crippen molar-refractivity contribution in [1.82, 2.24) is 19.5 Å². The molecule has 214 valence electrons. The fraction of sp³-hybridized carbons (Fsp3) is 0.393. The summed E-state index contributed by atoms with van der Waals surface area (Å²) in [5, 5.41) is 2.29. The van der Waals surface area contributed by atoms with Crippen molar-refractivity contribution in [3.05, 3.63) is 59.9 Å². The van der Waals surface area contributed by atoms with E-state index >= 15 is 0 Å². The van der Waals surface area contributed by atoms with Gasteiger partial charge in [0.2, 0.25) is 5.91 Å². The first-order valence-electron chi connectivity index (χ1n) is 13.4. The number of carbonyl (C=O) groups excluding carboxylic acids is 4. The van der Waals surface area contributed by atoms with Crippen molar-refractivity contribution in [1.29, 1.82) is 0 Å². The van der Waals surface area contributed by atoms with Crippen molar-refractivity contribution in [2.45, 2.75) is 50.7 Å². The second kappa shape index (κ2) is 10.4. The highest BCUT2D eigenvalue weighted by atomic mass is 32.2. The zero-order valence-corrected chi connectivity index (χ0v) is 23.0. The second-order valence-corrected chi connectivity index (χ2v) is 12.4. The van der Waals surface area contributed by atoms with Crippen LogP contribution in [0.15, 0.2) is 53.2 Å². The maximum Gasteiger partial charge on any atom is 0.415 e. The van der Waals surface area contributed by atoms with Crippen LogP contribution >= 0.6 is 0 Å². The average Bonchev–Trinajstić information content (AvgIpc) is 3.45. The van der Waals surface area contributed by atoms with E-state index in [0.717, 1.165) is 28.7 Å². The smallest absolute Gasteiger partial charge is 0.415 e. The third-order valence-corrected chi connectivity index (χ3v) is 9.66. The minimum atomic E-state index is -4.53. The fourth-order valence-corrected chi connectivity index (χ4v) is 7.20. The van der Waals surface area contributed by atoms with E-state index in [2.05, 4.69) is 10.3 Å². The lowest BCUT2D eigenvalue weighted by atomic mass is 10.1. The van der Waals surface area contributed by atoms with Crippen LogP contribution in [-0.2, 0) is 19.6 Å². The number of aryl methyl sites for hydroxylation is 1. The van der Waals surface area contributed by atoms with Crippen molar-refractivity contribution in [3.63, 3.8) is 0 Å². The number of fused-ring (bicyclic) bond motifs is 2. The Hall–Kier alpha value is -4.10. The number of rotatable bonds is 7. The number of furan rings is 1. The van der Waals surface area contributed by atoms with Crippen LogP contribution in [0.25, 0.3) is 11.0 Å². The molecule has 12 nitrogen and oxygen atoms in total. The molecule has 1 aliphatic carbocycles. The number of hydrogen-bond acceptors (Lipinski definition) is 9. The largest absolute Gasteiger partial charge is 0.425 e. The molecule has 2 aliphatic heterocycles. The van der Waals surface area contributed by atoms with Crippen molar-refractivity contribution in [2.24, 2.45) is 5.92 Å². The Morgan fingerprint density at radius 2 is 1.93 bits per heavy atom. The number of nitrogens with zero attached hydrogens (tertiary/aromatic N) is 3. The number of sulfonamides is 1. The molecule has 13 heteroatoms. The topological polar surface area (TPSA) is 156 Å². The SMILES string of the molecule is Cc1c(OC(=O)NC(CC2CC2)C(=O)N2CCC3C2C(=O)CN3S(=O)(=O)C(=O)c2cccnc2)oc2ccccc12. The number of ketones is 1. The number of amides is 2. The highest BCUT2D eigenvalue weighted by Crippen LogP contribution is 2.37. The molecule has 6 rings (SSSR count). The number of aromatic nitrogens is 1. The van der Waals surface area contributed by atoms with Gasteiger partial charge in [-0.2, -0.15) is 4.31 Å². The Balaban J connectivity index is 1.18. The van der Waals surface area contributed by atoms with E-state index in [9.17, 15) is 27.6 Å². The number of carbonyl (C=O) groups is 4. The van der Waals surface area contributed by atoms with Gasteiger partial charge in [-0.25, -0.2) is 13.2 Å². The summed E-state index contributed by atoms with van der Waals surface area (Å²) >= 11 is 0. The molecule has 2 amide bonds. The quantitative estimate of drug-likeness (QED) is 0.443. The molecular weight excluding hydrogens is 552 g/mol. The summed E-state index contributed by atoms with van der Waals surface area (Å²) in [6.07, 6.45) is 4.06. The number of para-hydroxylation sites is 1. The first kappa shape index (κ1) is 27.1. The van der Waals surface area contributed by atoms with Crippen LogP contribution in [0, 0.1) is 12.8 Å². The van der Waals surface area contributed by atoms with Crippen molar-refractivity contribution in [2.75, 3.05) is 13.1 Å². The summed E-state index contributed by atoms with van der Waals surface area (Å²) < 4.78 is 38.4. The lowest BCUT2D eigenvalue weighted by molar-refractivity contribution is -0.138. The number of likely N-dealkylation sites (tertiary alicyclic amines) is 1. The van der Waals surface area contributed by atoms with Gasteiger partial charge in [0, 0.05) is 29.9 Å². The van der Waals surface area contributed by atoms with Crippen LogP contribution in [0.4, 0.5) is 4.79 Å². The summed E-state index contributed by atoms with van der Waals surface area (Å²) in [6.45, 7) is 1.35. The molecule has 3 aliphatic rings. The third-order valence-electron chi connectivity index (χ3n) is 7.94. The van der Waals surface area contributed by atoms with Crippen molar-refractivity contribution < 1.29 is 36.7 Å². The predicted molar refractivity (Wildman–Crippen MR) is 144 cm³/mol. The molecule has 0 radical (unpaired) electrons. The molecule has 3 unspecified atom stereocenters. The molecule has 3 atom stereocenters. The normalized spacial score (nSPS) is 21.6. The van der Waals surface area contributed by atoms with Gasteiger partial charge in [0.25, 0.3) is 21.1 Å². The van der Waals surface area contributed by atoms with Crippen molar-refractivity contribution >= 4 is 43.9 Å². The minimum absolute atomic E-state index is 0.0210. The Labute approximate surface area is 235 Å². The van der Waals surface area contributed by atoms with Crippen molar-refractivity contribution in [3.8, 4) is 5.95 Å². The van der Waals surface area contributed by atoms with E-state index in [-0.39, 0.29) is 30.4 Å². The summed E-state index contributed by atoms with van der Waals surface area (Å²) in [5.74, 6) is -0.709. The van der Waals surface area contributed by atoms with Gasteiger partial charge in [-0.15, -0.1) is 0 Å². The van der Waals surface area contributed by atoms with Gasteiger partial charge in [0.1, 0.15) is 17.7 Å². The van der Waals surface area contributed by atoms with Crippen LogP contribution in [0.3, 0.4) is 0 Å². The summed E-state index contributed by atoms with van der Waals surface area (Å²) in [5.41, 5.74) is 1.09.